The first-order valence-electron chi connectivity index (χ1n) is 2.99. The largest absolute Gasteiger partial charge is 0.462 e. The van der Waals surface area contributed by atoms with Gasteiger partial charge in [-0.15, -0.1) is 0 Å². The Bertz CT molecular complexity index is 188. The van der Waals surface area contributed by atoms with E-state index in [2.05, 4.69) is 4.74 Å². The molecule has 10 heavy (non-hydrogen) atoms. The highest BCUT2D eigenvalue weighted by Crippen LogP contribution is 1.94. The van der Waals surface area contributed by atoms with Gasteiger partial charge in [-0.1, -0.05) is 6.08 Å². The van der Waals surface area contributed by atoms with Gasteiger partial charge in [0.25, 0.3) is 0 Å². The maximum absolute atomic E-state index is 10.7. The third-order valence-electron chi connectivity index (χ3n) is 0.904. The number of hydrogen-bond donors (Lipinski definition) is 0. The number of allylic oxidation sites excluding steroid dienone is 1. The zero-order valence-electron chi connectivity index (χ0n) is 6.05. The molecule has 0 aromatic carbocycles. The molecule has 0 aliphatic heterocycles. The molecule has 0 amide bonds. The molecular weight excluding hydrogens is 130 g/mol. The van der Waals surface area contributed by atoms with E-state index in [1.54, 1.807) is 19.9 Å². The maximum Gasteiger partial charge on any atom is 0.348 e. The Morgan fingerprint density at radius 1 is 1.80 bits per heavy atom. The second-order valence-corrected chi connectivity index (χ2v) is 1.53. The van der Waals surface area contributed by atoms with Crippen LogP contribution in [0.1, 0.15) is 13.8 Å². The number of carbonyl (C=O) groups is 1. The van der Waals surface area contributed by atoms with Crippen molar-refractivity contribution in [1.82, 2.24) is 0 Å². The number of nitriles is 1. The highest BCUT2D eigenvalue weighted by Gasteiger charge is 2.06. The SMILES string of the molecule is C/C=C(/C#N)C(=O)OCC. The Morgan fingerprint density at radius 2 is 2.40 bits per heavy atom. The lowest BCUT2D eigenvalue weighted by molar-refractivity contribution is -0.138. The Kier molecular flexibility index (Phi) is 3.97. The van der Waals surface area contributed by atoms with Gasteiger partial charge in [0.2, 0.25) is 0 Å². The van der Waals surface area contributed by atoms with Gasteiger partial charge in [0.1, 0.15) is 11.6 Å². The number of ether oxygens (including phenoxy) is 1. The van der Waals surface area contributed by atoms with Gasteiger partial charge in [-0.05, 0) is 13.8 Å². The fourth-order valence-corrected chi connectivity index (χ4v) is 0.437. The van der Waals surface area contributed by atoms with Crippen molar-refractivity contribution >= 4 is 5.97 Å². The third kappa shape index (κ3) is 2.31. The lowest BCUT2D eigenvalue weighted by Gasteiger charge is -1.96. The fourth-order valence-electron chi connectivity index (χ4n) is 0.437. The summed E-state index contributed by atoms with van der Waals surface area (Å²) in [6.45, 7) is 3.62. The highest BCUT2D eigenvalue weighted by molar-refractivity contribution is 5.92. The zero-order chi connectivity index (χ0) is 7.98. The molecule has 0 aliphatic rings. The molecule has 0 N–H and O–H groups in total. The second-order valence-electron chi connectivity index (χ2n) is 1.53. The summed E-state index contributed by atoms with van der Waals surface area (Å²) in [5.41, 5.74) is 0.0573. The molecule has 54 valence electrons. The molecule has 0 fully saturated rings. The van der Waals surface area contributed by atoms with Crippen LogP contribution in [0.5, 0.6) is 0 Å². The monoisotopic (exact) mass is 139 g/mol. The molecule has 0 bridgehead atoms. The molecule has 0 unspecified atom stereocenters. The Balaban J connectivity index is 4.08. The molecule has 0 radical (unpaired) electrons. The zero-order valence-corrected chi connectivity index (χ0v) is 6.05. The van der Waals surface area contributed by atoms with Crippen LogP contribution in [0.25, 0.3) is 0 Å². The number of esters is 1. The summed E-state index contributed by atoms with van der Waals surface area (Å²) in [6.07, 6.45) is 1.43. The molecule has 0 heterocycles. The summed E-state index contributed by atoms with van der Waals surface area (Å²) in [4.78, 5) is 10.7. The van der Waals surface area contributed by atoms with Crippen molar-refractivity contribution in [3.63, 3.8) is 0 Å². The van der Waals surface area contributed by atoms with Crippen molar-refractivity contribution in [2.24, 2.45) is 0 Å². The van der Waals surface area contributed by atoms with Crippen molar-refractivity contribution in [1.29, 1.82) is 5.26 Å². The Labute approximate surface area is 59.9 Å². The van der Waals surface area contributed by atoms with E-state index < -0.39 is 5.97 Å². The van der Waals surface area contributed by atoms with Gasteiger partial charge in [-0.25, -0.2) is 4.79 Å². The van der Waals surface area contributed by atoms with Gasteiger partial charge in [0, 0.05) is 0 Å². The average molecular weight is 139 g/mol. The van der Waals surface area contributed by atoms with E-state index in [1.807, 2.05) is 0 Å². The minimum absolute atomic E-state index is 0.0573. The Morgan fingerprint density at radius 3 is 2.70 bits per heavy atom. The van der Waals surface area contributed by atoms with Crippen LogP contribution in [0.2, 0.25) is 0 Å². The molecule has 0 saturated heterocycles. The first-order valence-corrected chi connectivity index (χ1v) is 2.99. The van der Waals surface area contributed by atoms with Crippen LogP contribution in [0, 0.1) is 11.3 Å². The van der Waals surface area contributed by atoms with Gasteiger partial charge < -0.3 is 4.74 Å². The van der Waals surface area contributed by atoms with Gasteiger partial charge >= 0.3 is 5.97 Å². The molecule has 0 atom stereocenters. The van der Waals surface area contributed by atoms with Crippen LogP contribution in [-0.4, -0.2) is 12.6 Å². The normalized spacial score (nSPS) is 10.3. The van der Waals surface area contributed by atoms with Gasteiger partial charge in [0.05, 0.1) is 6.61 Å². The quantitative estimate of drug-likeness (QED) is 0.326. The van der Waals surface area contributed by atoms with Crippen molar-refractivity contribution in [2.75, 3.05) is 6.61 Å². The summed E-state index contributed by atoms with van der Waals surface area (Å²) < 4.78 is 4.56. The predicted molar refractivity (Wildman–Crippen MR) is 36.0 cm³/mol. The summed E-state index contributed by atoms with van der Waals surface area (Å²) in [5.74, 6) is -0.549. The van der Waals surface area contributed by atoms with Crippen LogP contribution in [0.4, 0.5) is 0 Å². The standard InChI is InChI=1S/C7H9NO2/c1-3-6(5-8)7(9)10-4-2/h3H,4H2,1-2H3/b6-3-. The Hall–Kier alpha value is -1.30. The minimum Gasteiger partial charge on any atom is -0.462 e. The molecule has 0 saturated carbocycles. The number of carbonyl (C=O) groups excluding carboxylic acids is 1. The minimum atomic E-state index is -0.549. The summed E-state index contributed by atoms with van der Waals surface area (Å²) in [5, 5.41) is 8.30. The molecule has 0 spiro atoms. The van der Waals surface area contributed by atoms with Crippen molar-refractivity contribution < 1.29 is 9.53 Å². The summed E-state index contributed by atoms with van der Waals surface area (Å²) in [6, 6.07) is 1.72. The lowest BCUT2D eigenvalue weighted by Crippen LogP contribution is -2.05. The van der Waals surface area contributed by atoms with Crippen LogP contribution in [0.3, 0.4) is 0 Å². The van der Waals surface area contributed by atoms with E-state index in [-0.39, 0.29) is 5.57 Å². The fraction of sp³-hybridized carbons (Fsp3) is 0.429. The molecule has 0 rings (SSSR count). The second kappa shape index (κ2) is 4.57. The topological polar surface area (TPSA) is 50.1 Å². The smallest absolute Gasteiger partial charge is 0.348 e. The third-order valence-corrected chi connectivity index (χ3v) is 0.904. The summed E-state index contributed by atoms with van der Waals surface area (Å²) >= 11 is 0. The first kappa shape index (κ1) is 8.70. The number of hydrogen-bond acceptors (Lipinski definition) is 3. The lowest BCUT2D eigenvalue weighted by atomic mass is 10.3. The molecule has 0 aromatic heterocycles. The van der Waals surface area contributed by atoms with Gasteiger partial charge in [0.15, 0.2) is 0 Å². The number of rotatable bonds is 2. The van der Waals surface area contributed by atoms with Crippen LogP contribution < -0.4 is 0 Å². The maximum atomic E-state index is 10.7. The van der Waals surface area contributed by atoms with Gasteiger partial charge in [-0.2, -0.15) is 5.26 Å². The van der Waals surface area contributed by atoms with Crippen LogP contribution in [-0.2, 0) is 9.53 Å². The molecule has 3 heteroatoms. The number of nitrogens with zero attached hydrogens (tertiary/aromatic N) is 1. The van der Waals surface area contributed by atoms with E-state index in [1.165, 1.54) is 6.08 Å². The molecular formula is C7H9NO2. The highest BCUT2D eigenvalue weighted by atomic mass is 16.5. The van der Waals surface area contributed by atoms with Crippen LogP contribution >= 0.6 is 0 Å². The van der Waals surface area contributed by atoms with Crippen molar-refractivity contribution in [2.45, 2.75) is 13.8 Å². The molecule has 0 aliphatic carbocycles. The average Bonchev–Trinajstić information content (AvgIpc) is 1.91. The van der Waals surface area contributed by atoms with Crippen molar-refractivity contribution in [3.8, 4) is 6.07 Å². The van der Waals surface area contributed by atoms with Gasteiger partial charge in [-0.3, -0.25) is 0 Å². The van der Waals surface area contributed by atoms with E-state index >= 15 is 0 Å². The first-order chi connectivity index (χ1) is 4.76. The van der Waals surface area contributed by atoms with E-state index in [0.717, 1.165) is 0 Å². The van der Waals surface area contributed by atoms with E-state index in [4.69, 9.17) is 5.26 Å². The van der Waals surface area contributed by atoms with Crippen LogP contribution in [0.15, 0.2) is 11.6 Å². The molecule has 3 nitrogen and oxygen atoms in total. The van der Waals surface area contributed by atoms with Crippen molar-refractivity contribution in [3.05, 3.63) is 11.6 Å². The predicted octanol–water partition coefficient (Wildman–Crippen LogP) is 1.02. The van der Waals surface area contributed by atoms with E-state index in [9.17, 15) is 4.79 Å². The molecule has 0 aromatic rings. The van der Waals surface area contributed by atoms with E-state index in [0.29, 0.717) is 6.61 Å². The summed E-state index contributed by atoms with van der Waals surface area (Å²) in [7, 11) is 0.